The summed E-state index contributed by atoms with van der Waals surface area (Å²) in [5.41, 5.74) is 2.81. The van der Waals surface area contributed by atoms with Crippen molar-refractivity contribution in [3.05, 3.63) is 47.5 Å². The quantitative estimate of drug-likeness (QED) is 0.489. The van der Waals surface area contributed by atoms with Crippen LogP contribution in [0.4, 0.5) is 0 Å². The van der Waals surface area contributed by atoms with E-state index in [1.807, 2.05) is 0 Å². The lowest BCUT2D eigenvalue weighted by Gasteiger charge is -2.31. The molecule has 0 nitrogen and oxygen atoms in total. The maximum atomic E-state index is 2.47. The molecule has 0 aromatic heterocycles. The fourth-order valence-corrected chi connectivity index (χ4v) is 26.5. The summed E-state index contributed by atoms with van der Waals surface area (Å²) in [7, 11) is -0.192. The minimum Gasteiger partial charge on any atom is -0.0580 e. The van der Waals surface area contributed by atoms with E-state index in [1.165, 1.54) is 11.1 Å². The molecule has 2 aromatic carbocycles. The smallest absolute Gasteiger partial charge is 0.0580 e. The molecule has 0 spiro atoms. The molecule has 0 amide bonds. The molecule has 2 heterocycles. The van der Waals surface area contributed by atoms with Gasteiger partial charge in [0.05, 0.1) is 37.7 Å². The minimum atomic E-state index is -1.20. The van der Waals surface area contributed by atoms with Gasteiger partial charge in [-0.2, -0.15) is 0 Å². The number of fused-ring (bicyclic) bond motifs is 5. The topological polar surface area (TPSA) is 0 Å². The third-order valence-electron chi connectivity index (χ3n) is 4.24. The van der Waals surface area contributed by atoms with E-state index in [1.54, 1.807) is 20.4 Å². The second kappa shape index (κ2) is 5.00. The van der Waals surface area contributed by atoms with E-state index in [0.29, 0.717) is 5.16 Å². The molecule has 0 unspecified atom stereocenters. The Hall–Kier alpha value is 0.0000000000000000555. The van der Waals surface area contributed by atoms with Gasteiger partial charge in [0.25, 0.3) is 0 Å². The Labute approximate surface area is 143 Å². The Morgan fingerprint density at radius 3 is 1.68 bits per heavy atom. The van der Waals surface area contributed by atoms with Crippen LogP contribution < -0.4 is 10.6 Å². The zero-order chi connectivity index (χ0) is 15.7. The lowest BCUT2D eigenvalue weighted by atomic mass is 10.2. The maximum Gasteiger partial charge on any atom is 0.175 e. The summed E-state index contributed by atoms with van der Waals surface area (Å²) in [4.78, 5) is 3.11. The average molecular weight is 363 g/mol. The average Bonchev–Trinajstić information content (AvgIpc) is 2.91. The van der Waals surface area contributed by atoms with Gasteiger partial charge in [-0.25, -0.2) is 0 Å². The van der Waals surface area contributed by atoms with Gasteiger partial charge < -0.3 is 0 Å². The Morgan fingerprint density at radius 1 is 0.818 bits per heavy atom. The summed E-state index contributed by atoms with van der Waals surface area (Å²) in [6.45, 7) is 11.9. The normalized spacial score (nSPS) is 25.8. The number of benzene rings is 2. The van der Waals surface area contributed by atoms with Crippen molar-refractivity contribution in [1.82, 2.24) is 0 Å². The van der Waals surface area contributed by atoms with Crippen LogP contribution in [0.5, 0.6) is 0 Å². The van der Waals surface area contributed by atoms with Crippen LogP contribution in [0.25, 0.3) is 0 Å². The summed E-state index contributed by atoms with van der Waals surface area (Å²) in [5, 5.41) is 2.48. The first-order chi connectivity index (χ1) is 10.3. The molecule has 2 aliphatic rings. The van der Waals surface area contributed by atoms with Crippen molar-refractivity contribution >= 4 is 46.3 Å². The van der Waals surface area contributed by atoms with Crippen molar-refractivity contribution < 1.29 is 0 Å². The predicted molar refractivity (Wildman–Crippen MR) is 107 cm³/mol. The summed E-state index contributed by atoms with van der Waals surface area (Å²) in [5.74, 6) is 0. The molecule has 2 aromatic rings. The standard InChI is InChI=1S/C18H21P2S2/c1-12-6-8-16-14(10-12)19-15-11-13(2)7-9-17(15)22-20(19,21-16)18(3,4)5/h6-11H,1-5H3/q+1. The second-order valence-electron chi connectivity index (χ2n) is 7.13. The number of hydrogen-bond acceptors (Lipinski definition) is 2. The Bertz CT molecular complexity index is 722. The Morgan fingerprint density at radius 2 is 1.27 bits per heavy atom. The van der Waals surface area contributed by atoms with Crippen molar-refractivity contribution in [2.75, 3.05) is 0 Å². The van der Waals surface area contributed by atoms with Gasteiger partial charge in [-0.15, -0.1) is 0 Å². The van der Waals surface area contributed by atoms with Gasteiger partial charge in [0.2, 0.25) is 0 Å². The molecule has 4 heteroatoms. The molecule has 0 aliphatic carbocycles. The van der Waals surface area contributed by atoms with Crippen LogP contribution in [-0.4, -0.2) is 5.16 Å². The molecule has 114 valence electrons. The lowest BCUT2D eigenvalue weighted by molar-refractivity contribution is 0.797. The summed E-state index contributed by atoms with van der Waals surface area (Å²) < 4.78 is 0. The van der Waals surface area contributed by atoms with E-state index in [2.05, 4.69) is 93.8 Å². The van der Waals surface area contributed by atoms with Crippen molar-refractivity contribution in [3.8, 4) is 0 Å². The minimum absolute atomic E-state index is 0.192. The first kappa shape index (κ1) is 15.5. The molecule has 22 heavy (non-hydrogen) atoms. The summed E-state index contributed by atoms with van der Waals surface area (Å²) in [6, 6.07) is 14.3. The monoisotopic (exact) mass is 363 g/mol. The summed E-state index contributed by atoms with van der Waals surface area (Å²) >= 11 is 4.47. The second-order valence-corrected chi connectivity index (χ2v) is 22.0. The molecule has 0 N–H and O–H groups in total. The van der Waals surface area contributed by atoms with Crippen molar-refractivity contribution in [2.45, 2.75) is 49.6 Å². The molecule has 0 atom stereocenters. The van der Waals surface area contributed by atoms with Gasteiger partial charge in [0.1, 0.15) is 7.61 Å². The van der Waals surface area contributed by atoms with Gasteiger partial charge in [0.15, 0.2) is 5.35 Å². The number of hydrogen-bond donors (Lipinski definition) is 0. The van der Waals surface area contributed by atoms with Gasteiger partial charge in [-0.1, -0.05) is 23.3 Å². The van der Waals surface area contributed by atoms with Crippen molar-refractivity contribution in [2.24, 2.45) is 0 Å². The van der Waals surface area contributed by atoms with Gasteiger partial charge in [0, 0.05) is 10.6 Å². The van der Waals surface area contributed by atoms with Crippen molar-refractivity contribution in [3.63, 3.8) is 0 Å². The molecule has 0 fully saturated rings. The number of rotatable bonds is 0. The molecule has 2 aliphatic heterocycles. The third-order valence-corrected chi connectivity index (χ3v) is 26.4. The molecule has 0 saturated heterocycles. The first-order valence-electron chi connectivity index (χ1n) is 7.62. The Kier molecular flexibility index (Phi) is 3.53. The molecular weight excluding hydrogens is 342 g/mol. The van der Waals surface area contributed by atoms with Crippen LogP contribution in [0.1, 0.15) is 31.9 Å². The van der Waals surface area contributed by atoms with Gasteiger partial charge >= 0.3 is 0 Å². The Balaban J connectivity index is 2.00. The van der Waals surface area contributed by atoms with E-state index in [9.17, 15) is 0 Å². The highest BCUT2D eigenvalue weighted by Crippen LogP contribution is 3.08. The molecule has 0 bridgehead atoms. The van der Waals surface area contributed by atoms with Crippen LogP contribution in [-0.2, 0) is 0 Å². The highest BCUT2D eigenvalue weighted by Gasteiger charge is 2.69. The van der Waals surface area contributed by atoms with E-state index in [0.717, 1.165) is 0 Å². The molecular formula is C18H21P2S2+. The van der Waals surface area contributed by atoms with Gasteiger partial charge in [-0.05, 0) is 58.9 Å². The van der Waals surface area contributed by atoms with E-state index < -0.39 is 5.35 Å². The van der Waals surface area contributed by atoms with Crippen molar-refractivity contribution in [1.29, 1.82) is 0 Å². The van der Waals surface area contributed by atoms with Gasteiger partial charge in [-0.3, -0.25) is 0 Å². The predicted octanol–water partition coefficient (Wildman–Crippen LogP) is 6.51. The largest absolute Gasteiger partial charge is 0.175 e. The highest BCUT2D eigenvalue weighted by atomic mass is 33.2. The fraction of sp³-hybridized carbons (Fsp3) is 0.333. The lowest BCUT2D eigenvalue weighted by Crippen LogP contribution is -2.16. The highest BCUT2D eigenvalue weighted by molar-refractivity contribution is 9.14. The molecule has 0 radical (unpaired) electrons. The van der Waals surface area contributed by atoms with Crippen LogP contribution in [0, 0.1) is 13.8 Å². The van der Waals surface area contributed by atoms with Crippen LogP contribution in [0.3, 0.4) is 0 Å². The third kappa shape index (κ3) is 2.07. The SMILES string of the molecule is Cc1ccc2c(c1)P1c3cc(C)ccc3S[P+]1(C(C)(C)C)S2. The fourth-order valence-electron chi connectivity index (χ4n) is 3.09. The van der Waals surface area contributed by atoms with Crippen LogP contribution in [0.15, 0.2) is 46.2 Å². The first-order valence-corrected chi connectivity index (χ1v) is 14.3. The summed E-state index contributed by atoms with van der Waals surface area (Å²) in [6.07, 6.45) is 0. The van der Waals surface area contributed by atoms with Crippen LogP contribution >= 0.6 is 35.7 Å². The number of aryl methyl sites for hydroxylation is 2. The van der Waals surface area contributed by atoms with E-state index >= 15 is 0 Å². The zero-order valence-electron chi connectivity index (χ0n) is 13.7. The maximum absolute atomic E-state index is 2.47. The van der Waals surface area contributed by atoms with E-state index in [4.69, 9.17) is 0 Å². The van der Waals surface area contributed by atoms with Crippen LogP contribution in [0.2, 0.25) is 0 Å². The molecule has 4 rings (SSSR count). The molecule has 0 saturated carbocycles. The zero-order valence-corrected chi connectivity index (χ0v) is 17.1. The van der Waals surface area contributed by atoms with E-state index in [-0.39, 0.29) is 7.61 Å².